The fourth-order valence-electron chi connectivity index (χ4n) is 3.07. The van der Waals surface area contributed by atoms with Gasteiger partial charge >= 0.3 is 0 Å². The first-order valence-corrected chi connectivity index (χ1v) is 9.46. The number of hydrogen-bond donors (Lipinski definition) is 0. The number of carboxylic acid groups (broad SMARTS) is 1. The van der Waals surface area contributed by atoms with Gasteiger partial charge in [0.1, 0.15) is 17.1 Å². The maximum Gasteiger partial charge on any atom is 0.136 e. The quantitative estimate of drug-likeness (QED) is 0.561. The van der Waals surface area contributed by atoms with E-state index in [0.29, 0.717) is 13.0 Å². The lowest BCUT2D eigenvalue weighted by Gasteiger charge is -2.07. The fraction of sp³-hybridized carbons (Fsp3) is 0.304. The fourth-order valence-corrected chi connectivity index (χ4v) is 3.07. The van der Waals surface area contributed by atoms with E-state index in [1.807, 2.05) is 49.4 Å². The molecule has 0 atom stereocenters. The van der Waals surface area contributed by atoms with Crippen LogP contribution in [0.3, 0.4) is 0 Å². The lowest BCUT2D eigenvalue weighted by atomic mass is 10.1. The third-order valence-electron chi connectivity index (χ3n) is 4.59. The van der Waals surface area contributed by atoms with E-state index in [2.05, 4.69) is 6.07 Å². The van der Waals surface area contributed by atoms with Gasteiger partial charge in [-0.25, -0.2) is 0 Å². The van der Waals surface area contributed by atoms with Crippen LogP contribution in [-0.4, -0.2) is 19.6 Å². The molecule has 0 saturated carbocycles. The Bertz CT molecular complexity index is 1020. The summed E-state index contributed by atoms with van der Waals surface area (Å²) in [6, 6.07) is 15.7. The van der Waals surface area contributed by atoms with Gasteiger partial charge in [-0.15, -0.1) is 0 Å². The van der Waals surface area contributed by atoms with E-state index in [0.717, 1.165) is 51.8 Å². The first kappa shape index (κ1) is 19.7. The van der Waals surface area contributed by atoms with Crippen LogP contribution >= 0.6 is 0 Å². The summed E-state index contributed by atoms with van der Waals surface area (Å²) in [4.78, 5) is 15.3. The average molecular weight is 378 g/mol. The molecule has 146 valence electrons. The smallest absolute Gasteiger partial charge is 0.136 e. The van der Waals surface area contributed by atoms with Gasteiger partial charge in [0.15, 0.2) is 0 Å². The molecule has 28 heavy (non-hydrogen) atoms. The standard InChI is InChI=1S/C23H25NO4/c1-16-7-12-21-19(14-16)20(24-13-5-3-4-6-23(25)26)15-22(28-21)17-8-10-18(27-2)11-9-17/h7-12,14-15H,3-6,13H2,1-2H3,(H,25,26)/p-1. The van der Waals surface area contributed by atoms with E-state index < -0.39 is 5.97 Å². The third-order valence-corrected chi connectivity index (χ3v) is 4.59. The molecule has 0 aliphatic carbocycles. The van der Waals surface area contributed by atoms with E-state index in [-0.39, 0.29) is 6.42 Å². The van der Waals surface area contributed by atoms with Gasteiger partial charge in [-0.2, -0.15) is 0 Å². The monoisotopic (exact) mass is 378 g/mol. The summed E-state index contributed by atoms with van der Waals surface area (Å²) in [5.74, 6) is 0.545. The predicted molar refractivity (Wildman–Crippen MR) is 107 cm³/mol. The highest BCUT2D eigenvalue weighted by molar-refractivity contribution is 5.79. The van der Waals surface area contributed by atoms with E-state index in [1.54, 1.807) is 7.11 Å². The minimum absolute atomic E-state index is 0.105. The summed E-state index contributed by atoms with van der Waals surface area (Å²) >= 11 is 0. The summed E-state index contributed by atoms with van der Waals surface area (Å²) < 4.78 is 11.3. The molecule has 0 N–H and O–H groups in total. The number of nitrogens with zero attached hydrogens (tertiary/aromatic N) is 1. The number of aryl methyl sites for hydroxylation is 1. The second-order valence-electron chi connectivity index (χ2n) is 6.79. The van der Waals surface area contributed by atoms with Crippen LogP contribution in [-0.2, 0) is 4.79 Å². The van der Waals surface area contributed by atoms with Gasteiger partial charge in [0.05, 0.1) is 12.5 Å². The molecular formula is C23H24NO4-. The molecule has 3 aromatic rings. The molecule has 3 rings (SSSR count). The van der Waals surface area contributed by atoms with Crippen molar-refractivity contribution in [1.29, 1.82) is 0 Å². The minimum Gasteiger partial charge on any atom is -0.550 e. The Kier molecular flexibility index (Phi) is 6.48. The maximum atomic E-state index is 10.5. The Hall–Kier alpha value is -3.08. The second-order valence-corrected chi connectivity index (χ2v) is 6.79. The molecule has 5 nitrogen and oxygen atoms in total. The molecule has 0 unspecified atom stereocenters. The van der Waals surface area contributed by atoms with Gasteiger partial charge in [-0.05, 0) is 62.6 Å². The van der Waals surface area contributed by atoms with Crippen LogP contribution in [0, 0.1) is 6.92 Å². The number of aliphatic carboxylic acids is 1. The largest absolute Gasteiger partial charge is 0.550 e. The van der Waals surface area contributed by atoms with Crippen molar-refractivity contribution in [3.8, 4) is 17.1 Å². The highest BCUT2D eigenvalue weighted by atomic mass is 16.5. The Morgan fingerprint density at radius 3 is 2.57 bits per heavy atom. The molecule has 0 spiro atoms. The number of carbonyl (C=O) groups excluding carboxylic acids is 1. The SMILES string of the molecule is COc1ccc(-c2cc(=NCCCCCC(=O)[O-])c3cc(C)ccc3o2)cc1. The number of methoxy groups -OCH3 is 1. The lowest BCUT2D eigenvalue weighted by Crippen LogP contribution is -2.21. The third kappa shape index (κ3) is 5.00. The number of carbonyl (C=O) groups is 1. The van der Waals surface area contributed by atoms with Crippen molar-refractivity contribution in [2.75, 3.05) is 13.7 Å². The van der Waals surface area contributed by atoms with Crippen molar-refractivity contribution in [2.24, 2.45) is 4.99 Å². The summed E-state index contributed by atoms with van der Waals surface area (Å²) in [6.07, 6.45) is 2.38. The van der Waals surface area contributed by atoms with Crippen LogP contribution in [0.4, 0.5) is 0 Å². The van der Waals surface area contributed by atoms with E-state index >= 15 is 0 Å². The highest BCUT2D eigenvalue weighted by Gasteiger charge is 2.07. The molecule has 1 aromatic heterocycles. The van der Waals surface area contributed by atoms with Crippen molar-refractivity contribution < 1.29 is 19.1 Å². The molecular weight excluding hydrogens is 354 g/mol. The van der Waals surface area contributed by atoms with Crippen LogP contribution in [0.5, 0.6) is 5.75 Å². The Morgan fingerprint density at radius 1 is 1.07 bits per heavy atom. The first-order valence-electron chi connectivity index (χ1n) is 9.46. The molecule has 0 fully saturated rings. The van der Waals surface area contributed by atoms with Crippen LogP contribution in [0.1, 0.15) is 31.2 Å². The van der Waals surface area contributed by atoms with Gasteiger partial charge < -0.3 is 19.1 Å². The molecule has 0 aliphatic heterocycles. The first-order chi connectivity index (χ1) is 13.6. The normalized spacial score (nSPS) is 11.7. The molecule has 2 aromatic carbocycles. The van der Waals surface area contributed by atoms with E-state index in [9.17, 15) is 9.90 Å². The molecule has 0 bridgehead atoms. The number of benzene rings is 2. The van der Waals surface area contributed by atoms with Crippen LogP contribution in [0.15, 0.2) is 57.9 Å². The average Bonchev–Trinajstić information content (AvgIpc) is 2.70. The number of fused-ring (bicyclic) bond motifs is 1. The number of rotatable bonds is 8. The van der Waals surface area contributed by atoms with Crippen LogP contribution in [0.25, 0.3) is 22.3 Å². The van der Waals surface area contributed by atoms with Crippen molar-refractivity contribution in [1.82, 2.24) is 0 Å². The highest BCUT2D eigenvalue weighted by Crippen LogP contribution is 2.24. The van der Waals surface area contributed by atoms with E-state index in [4.69, 9.17) is 14.1 Å². The van der Waals surface area contributed by atoms with Crippen molar-refractivity contribution in [2.45, 2.75) is 32.6 Å². The zero-order valence-electron chi connectivity index (χ0n) is 16.2. The Labute approximate surface area is 164 Å². The Balaban J connectivity index is 1.90. The zero-order valence-corrected chi connectivity index (χ0v) is 16.2. The van der Waals surface area contributed by atoms with Crippen LogP contribution < -0.4 is 15.2 Å². The lowest BCUT2D eigenvalue weighted by molar-refractivity contribution is -0.305. The topological polar surface area (TPSA) is 74.9 Å². The summed E-state index contributed by atoms with van der Waals surface area (Å²) in [5.41, 5.74) is 2.88. The molecule has 0 aliphatic rings. The van der Waals surface area contributed by atoms with Gasteiger partial charge in [0.25, 0.3) is 0 Å². The van der Waals surface area contributed by atoms with Gasteiger partial charge in [0, 0.05) is 29.5 Å². The summed E-state index contributed by atoms with van der Waals surface area (Å²) in [7, 11) is 1.64. The van der Waals surface area contributed by atoms with Crippen molar-refractivity contribution >= 4 is 16.9 Å². The zero-order chi connectivity index (χ0) is 19.9. The summed E-state index contributed by atoms with van der Waals surface area (Å²) in [6.45, 7) is 2.68. The molecule has 0 radical (unpaired) electrons. The number of carboxylic acids is 1. The van der Waals surface area contributed by atoms with Crippen molar-refractivity contribution in [3.63, 3.8) is 0 Å². The minimum atomic E-state index is -0.993. The van der Waals surface area contributed by atoms with Crippen LogP contribution in [0.2, 0.25) is 0 Å². The molecule has 5 heteroatoms. The predicted octanol–water partition coefficient (Wildman–Crippen LogP) is 3.63. The van der Waals surface area contributed by atoms with Gasteiger partial charge in [-0.3, -0.25) is 4.99 Å². The maximum absolute atomic E-state index is 10.5. The van der Waals surface area contributed by atoms with Crippen molar-refractivity contribution in [3.05, 3.63) is 59.5 Å². The van der Waals surface area contributed by atoms with Gasteiger partial charge in [-0.1, -0.05) is 18.1 Å². The molecule has 0 saturated heterocycles. The number of unbranched alkanes of at least 4 members (excludes halogenated alkanes) is 2. The molecule has 0 amide bonds. The number of hydrogen-bond acceptors (Lipinski definition) is 5. The second kappa shape index (κ2) is 9.22. The Morgan fingerprint density at radius 2 is 1.86 bits per heavy atom. The summed E-state index contributed by atoms with van der Waals surface area (Å²) in [5, 5.41) is 12.4. The number of ether oxygens (including phenoxy) is 1. The van der Waals surface area contributed by atoms with Gasteiger partial charge in [0.2, 0.25) is 0 Å². The molecule has 1 heterocycles. The van der Waals surface area contributed by atoms with E-state index in [1.165, 1.54) is 0 Å².